The number of rotatable bonds is 4. The zero-order valence-corrected chi connectivity index (χ0v) is 11.4. The van der Waals surface area contributed by atoms with E-state index in [1.165, 1.54) is 0 Å². The molecule has 2 N–H and O–H groups in total. The molecular weight excluding hydrogens is 228 g/mol. The van der Waals surface area contributed by atoms with Gasteiger partial charge in [0, 0.05) is 37.1 Å². The maximum absolute atomic E-state index is 5.41. The van der Waals surface area contributed by atoms with Crippen molar-refractivity contribution < 1.29 is 4.74 Å². The van der Waals surface area contributed by atoms with Gasteiger partial charge < -0.3 is 15.4 Å². The highest BCUT2D eigenvalue weighted by Gasteiger charge is 2.28. The van der Waals surface area contributed by atoms with Crippen molar-refractivity contribution in [2.75, 3.05) is 30.4 Å². The fourth-order valence-corrected chi connectivity index (χ4v) is 2.04. The number of nitrogens with zero attached hydrogens (tertiary/aromatic N) is 2. The molecule has 0 atom stereocenters. The molecule has 0 saturated carbocycles. The van der Waals surface area contributed by atoms with Crippen molar-refractivity contribution >= 4 is 11.8 Å². The first kappa shape index (κ1) is 13.1. The van der Waals surface area contributed by atoms with Crippen LogP contribution in [0.3, 0.4) is 0 Å². The van der Waals surface area contributed by atoms with E-state index in [9.17, 15) is 0 Å². The van der Waals surface area contributed by atoms with E-state index in [1.54, 1.807) is 0 Å². The quantitative estimate of drug-likeness (QED) is 0.858. The van der Waals surface area contributed by atoms with Gasteiger partial charge in [0.15, 0.2) is 0 Å². The Labute approximate surface area is 108 Å². The fourth-order valence-electron chi connectivity index (χ4n) is 2.04. The number of aromatic nitrogens is 2. The summed E-state index contributed by atoms with van der Waals surface area (Å²) >= 11 is 0. The van der Waals surface area contributed by atoms with Gasteiger partial charge in [-0.3, -0.25) is 0 Å². The van der Waals surface area contributed by atoms with Crippen molar-refractivity contribution in [2.45, 2.75) is 39.2 Å². The van der Waals surface area contributed by atoms with Crippen molar-refractivity contribution in [1.29, 1.82) is 0 Å². The molecular formula is C13H22N4O. The van der Waals surface area contributed by atoms with Crippen LogP contribution in [-0.4, -0.2) is 35.3 Å². The Morgan fingerprint density at radius 2 is 2.11 bits per heavy atom. The molecule has 0 unspecified atom stereocenters. The molecule has 2 rings (SSSR count). The van der Waals surface area contributed by atoms with E-state index in [0.29, 0.717) is 5.95 Å². The largest absolute Gasteiger partial charge is 0.381 e. The molecule has 1 aliphatic rings. The molecule has 0 aromatic carbocycles. The first-order valence-corrected chi connectivity index (χ1v) is 6.56. The van der Waals surface area contributed by atoms with Crippen LogP contribution in [0.15, 0.2) is 6.20 Å². The highest BCUT2D eigenvalue weighted by Crippen LogP contribution is 2.26. The van der Waals surface area contributed by atoms with E-state index in [2.05, 4.69) is 27.5 Å². The van der Waals surface area contributed by atoms with Gasteiger partial charge in [-0.25, -0.2) is 4.98 Å². The number of ether oxygens (including phenoxy) is 1. The van der Waals surface area contributed by atoms with Gasteiger partial charge in [-0.2, -0.15) is 4.98 Å². The minimum absolute atomic E-state index is 0.0703. The molecule has 5 nitrogen and oxygen atoms in total. The molecule has 5 heteroatoms. The second-order valence-electron chi connectivity index (χ2n) is 5.05. The topological polar surface area (TPSA) is 59.1 Å². The third kappa shape index (κ3) is 3.10. The summed E-state index contributed by atoms with van der Waals surface area (Å²) in [6.07, 6.45) is 3.87. The van der Waals surface area contributed by atoms with Crippen LogP contribution < -0.4 is 10.6 Å². The summed E-state index contributed by atoms with van der Waals surface area (Å²) < 4.78 is 5.41. The molecule has 1 aromatic rings. The summed E-state index contributed by atoms with van der Waals surface area (Å²) in [5, 5.41) is 6.69. The molecule has 1 aromatic heterocycles. The number of aryl methyl sites for hydroxylation is 1. The van der Waals surface area contributed by atoms with Gasteiger partial charge in [-0.1, -0.05) is 0 Å². The molecule has 1 aliphatic heterocycles. The second-order valence-corrected chi connectivity index (χ2v) is 5.05. The van der Waals surface area contributed by atoms with Crippen LogP contribution in [0.2, 0.25) is 0 Å². The molecule has 0 radical (unpaired) electrons. The Hall–Kier alpha value is -1.36. The van der Waals surface area contributed by atoms with Crippen molar-refractivity contribution in [2.24, 2.45) is 0 Å². The zero-order chi connectivity index (χ0) is 13.0. The predicted molar refractivity (Wildman–Crippen MR) is 73.0 cm³/mol. The first-order valence-electron chi connectivity index (χ1n) is 6.56. The van der Waals surface area contributed by atoms with Crippen LogP contribution in [0.1, 0.15) is 32.3 Å². The molecule has 0 spiro atoms. The standard InChI is InChI=1S/C13H22N4O/c1-4-14-12-15-9-10(2)11(16-12)17-13(3)5-7-18-8-6-13/h9H,4-8H2,1-3H3,(H2,14,15,16,17). The molecule has 1 fully saturated rings. The van der Waals surface area contributed by atoms with Crippen LogP contribution >= 0.6 is 0 Å². The van der Waals surface area contributed by atoms with Crippen molar-refractivity contribution in [3.63, 3.8) is 0 Å². The Morgan fingerprint density at radius 3 is 2.78 bits per heavy atom. The van der Waals surface area contributed by atoms with Crippen molar-refractivity contribution in [3.05, 3.63) is 11.8 Å². The Morgan fingerprint density at radius 1 is 1.39 bits per heavy atom. The van der Waals surface area contributed by atoms with Gasteiger partial charge in [0.1, 0.15) is 5.82 Å². The predicted octanol–water partition coefficient (Wildman–Crippen LogP) is 2.20. The van der Waals surface area contributed by atoms with E-state index >= 15 is 0 Å². The highest BCUT2D eigenvalue weighted by atomic mass is 16.5. The Balaban J connectivity index is 2.14. The van der Waals surface area contributed by atoms with E-state index in [1.807, 2.05) is 20.0 Å². The van der Waals surface area contributed by atoms with Gasteiger partial charge in [-0.05, 0) is 33.6 Å². The molecule has 0 amide bonds. The van der Waals surface area contributed by atoms with E-state index in [4.69, 9.17) is 4.74 Å². The Bertz CT molecular complexity index is 402. The summed E-state index contributed by atoms with van der Waals surface area (Å²) in [6, 6.07) is 0. The molecule has 1 saturated heterocycles. The van der Waals surface area contributed by atoms with Crippen LogP contribution in [0.4, 0.5) is 11.8 Å². The number of anilines is 2. The number of nitrogens with one attached hydrogen (secondary N) is 2. The third-order valence-corrected chi connectivity index (χ3v) is 3.32. The van der Waals surface area contributed by atoms with Crippen LogP contribution in [-0.2, 0) is 4.74 Å². The summed E-state index contributed by atoms with van der Waals surface area (Å²) in [7, 11) is 0. The minimum Gasteiger partial charge on any atom is -0.381 e. The van der Waals surface area contributed by atoms with E-state index < -0.39 is 0 Å². The minimum atomic E-state index is 0.0703. The number of hydrogen-bond acceptors (Lipinski definition) is 5. The van der Waals surface area contributed by atoms with E-state index in [0.717, 1.165) is 44.0 Å². The average Bonchev–Trinajstić information content (AvgIpc) is 2.34. The van der Waals surface area contributed by atoms with Gasteiger partial charge in [0.25, 0.3) is 0 Å². The maximum Gasteiger partial charge on any atom is 0.224 e. The summed E-state index contributed by atoms with van der Waals surface area (Å²) in [6.45, 7) is 8.75. The number of hydrogen-bond donors (Lipinski definition) is 2. The van der Waals surface area contributed by atoms with Gasteiger partial charge in [0.05, 0.1) is 0 Å². The van der Waals surface area contributed by atoms with Gasteiger partial charge >= 0.3 is 0 Å². The van der Waals surface area contributed by atoms with E-state index in [-0.39, 0.29) is 5.54 Å². The van der Waals surface area contributed by atoms with Crippen LogP contribution in [0, 0.1) is 6.92 Å². The van der Waals surface area contributed by atoms with Crippen molar-refractivity contribution in [3.8, 4) is 0 Å². The lowest BCUT2D eigenvalue weighted by Crippen LogP contribution is -2.41. The van der Waals surface area contributed by atoms with Crippen LogP contribution in [0.5, 0.6) is 0 Å². The van der Waals surface area contributed by atoms with Gasteiger partial charge in [0.2, 0.25) is 5.95 Å². The summed E-state index contributed by atoms with van der Waals surface area (Å²) in [5.41, 5.74) is 1.14. The monoisotopic (exact) mass is 250 g/mol. The second kappa shape index (κ2) is 5.52. The smallest absolute Gasteiger partial charge is 0.224 e. The molecule has 100 valence electrons. The lowest BCUT2D eigenvalue weighted by Gasteiger charge is -2.35. The van der Waals surface area contributed by atoms with Crippen LogP contribution in [0.25, 0.3) is 0 Å². The maximum atomic E-state index is 5.41. The van der Waals surface area contributed by atoms with Crippen molar-refractivity contribution in [1.82, 2.24) is 9.97 Å². The zero-order valence-electron chi connectivity index (χ0n) is 11.4. The fraction of sp³-hybridized carbons (Fsp3) is 0.692. The highest BCUT2D eigenvalue weighted by molar-refractivity contribution is 5.48. The molecule has 18 heavy (non-hydrogen) atoms. The average molecular weight is 250 g/mol. The normalized spacial score (nSPS) is 18.4. The first-order chi connectivity index (χ1) is 8.63. The SMILES string of the molecule is CCNc1ncc(C)c(NC2(C)CCOCC2)n1. The lowest BCUT2D eigenvalue weighted by atomic mass is 9.92. The summed E-state index contributed by atoms with van der Waals surface area (Å²) in [5.74, 6) is 1.60. The van der Waals surface area contributed by atoms with Gasteiger partial charge in [-0.15, -0.1) is 0 Å². The third-order valence-electron chi connectivity index (χ3n) is 3.32. The molecule has 2 heterocycles. The summed E-state index contributed by atoms with van der Waals surface area (Å²) in [4.78, 5) is 8.78. The Kier molecular flexibility index (Phi) is 4.01. The molecule has 0 bridgehead atoms. The molecule has 0 aliphatic carbocycles. The lowest BCUT2D eigenvalue weighted by molar-refractivity contribution is 0.0657.